The summed E-state index contributed by atoms with van der Waals surface area (Å²) >= 11 is 1.58. The number of nitrogens with zero attached hydrogens (tertiary/aromatic N) is 1. The molecule has 0 bridgehead atoms. The van der Waals surface area contributed by atoms with E-state index in [9.17, 15) is 13.2 Å². The van der Waals surface area contributed by atoms with Crippen molar-refractivity contribution in [2.75, 3.05) is 11.6 Å². The van der Waals surface area contributed by atoms with Gasteiger partial charge in [0, 0.05) is 17.5 Å². The minimum Gasteiger partial charge on any atom is -0.322 e. The molecule has 0 fully saturated rings. The first kappa shape index (κ1) is 16.6. The van der Waals surface area contributed by atoms with Crippen molar-refractivity contribution in [3.63, 3.8) is 0 Å². The quantitative estimate of drug-likeness (QED) is 0.774. The Morgan fingerprint density at radius 3 is 2.54 bits per heavy atom. The maximum atomic E-state index is 12.3. The summed E-state index contributed by atoms with van der Waals surface area (Å²) in [6, 6.07) is 12.2. The highest BCUT2D eigenvalue weighted by atomic mass is 32.2. The van der Waals surface area contributed by atoms with Gasteiger partial charge in [-0.3, -0.25) is 4.79 Å². The number of aromatic nitrogens is 1. The van der Waals surface area contributed by atoms with Crippen molar-refractivity contribution >= 4 is 43.0 Å². The normalized spacial score (nSPS) is 11.6. The number of anilines is 1. The van der Waals surface area contributed by atoms with Crippen molar-refractivity contribution in [2.24, 2.45) is 0 Å². The molecule has 1 heterocycles. The van der Waals surface area contributed by atoms with Crippen LogP contribution in [-0.4, -0.2) is 25.6 Å². The van der Waals surface area contributed by atoms with Gasteiger partial charge in [-0.25, -0.2) is 13.4 Å². The van der Waals surface area contributed by atoms with E-state index in [0.29, 0.717) is 16.8 Å². The average Bonchev–Trinajstić information content (AvgIpc) is 2.85. The van der Waals surface area contributed by atoms with Gasteiger partial charge >= 0.3 is 0 Å². The predicted octanol–water partition coefficient (Wildman–Crippen LogP) is 3.40. The standard InChI is InChI=1S/C17H16N2O3S2/c1-11-18-15-8-7-14(9-16(15)23-11)19-17(20)13-5-3-12(4-6-13)10-24(2,21)22/h3-9H,10H2,1-2H3,(H,19,20). The molecule has 0 saturated heterocycles. The molecular weight excluding hydrogens is 344 g/mol. The Labute approximate surface area is 144 Å². The van der Waals surface area contributed by atoms with E-state index < -0.39 is 9.84 Å². The van der Waals surface area contributed by atoms with Crippen LogP contribution in [0, 0.1) is 6.92 Å². The lowest BCUT2D eigenvalue weighted by atomic mass is 10.1. The van der Waals surface area contributed by atoms with Crippen LogP contribution < -0.4 is 5.32 Å². The number of sulfone groups is 1. The molecule has 1 amide bonds. The number of nitrogens with one attached hydrogen (secondary N) is 1. The molecule has 0 aliphatic carbocycles. The van der Waals surface area contributed by atoms with E-state index in [-0.39, 0.29) is 11.7 Å². The molecule has 2 aromatic carbocycles. The summed E-state index contributed by atoms with van der Waals surface area (Å²) in [5.74, 6) is -0.266. The van der Waals surface area contributed by atoms with Gasteiger partial charge in [0.05, 0.1) is 21.0 Å². The van der Waals surface area contributed by atoms with Crippen molar-refractivity contribution in [3.8, 4) is 0 Å². The van der Waals surface area contributed by atoms with E-state index in [1.54, 1.807) is 35.6 Å². The van der Waals surface area contributed by atoms with Crippen LogP contribution in [0.1, 0.15) is 20.9 Å². The maximum absolute atomic E-state index is 12.3. The maximum Gasteiger partial charge on any atom is 0.255 e. The lowest BCUT2D eigenvalue weighted by Gasteiger charge is -2.06. The fraction of sp³-hybridized carbons (Fsp3) is 0.176. The molecular formula is C17H16N2O3S2. The first-order chi connectivity index (χ1) is 11.3. The lowest BCUT2D eigenvalue weighted by molar-refractivity contribution is 0.102. The van der Waals surface area contributed by atoms with Crippen LogP contribution in [0.3, 0.4) is 0 Å². The van der Waals surface area contributed by atoms with Crippen LogP contribution in [0.4, 0.5) is 5.69 Å². The molecule has 0 radical (unpaired) electrons. The molecule has 0 atom stereocenters. The Morgan fingerprint density at radius 1 is 1.17 bits per heavy atom. The summed E-state index contributed by atoms with van der Waals surface area (Å²) in [7, 11) is -3.08. The van der Waals surface area contributed by atoms with E-state index in [0.717, 1.165) is 15.2 Å². The van der Waals surface area contributed by atoms with Gasteiger partial charge in [0.15, 0.2) is 9.84 Å². The molecule has 5 nitrogen and oxygen atoms in total. The predicted molar refractivity (Wildman–Crippen MR) is 97.3 cm³/mol. The van der Waals surface area contributed by atoms with Crippen LogP contribution in [-0.2, 0) is 15.6 Å². The molecule has 0 aliphatic rings. The van der Waals surface area contributed by atoms with Gasteiger partial charge in [-0.1, -0.05) is 12.1 Å². The minimum atomic E-state index is -3.08. The van der Waals surface area contributed by atoms with Crippen molar-refractivity contribution in [1.29, 1.82) is 0 Å². The molecule has 3 rings (SSSR count). The fourth-order valence-electron chi connectivity index (χ4n) is 2.38. The Bertz CT molecular complexity index is 1010. The summed E-state index contributed by atoms with van der Waals surface area (Å²) in [4.78, 5) is 16.7. The van der Waals surface area contributed by atoms with Gasteiger partial charge < -0.3 is 5.32 Å². The van der Waals surface area contributed by atoms with Gasteiger partial charge in [-0.2, -0.15) is 0 Å². The zero-order chi connectivity index (χ0) is 17.3. The molecule has 0 aliphatic heterocycles. The largest absolute Gasteiger partial charge is 0.322 e. The first-order valence-electron chi connectivity index (χ1n) is 7.25. The van der Waals surface area contributed by atoms with Crippen molar-refractivity contribution in [1.82, 2.24) is 4.98 Å². The molecule has 124 valence electrons. The number of aryl methyl sites for hydroxylation is 1. The van der Waals surface area contributed by atoms with E-state index in [1.165, 1.54) is 6.26 Å². The highest BCUT2D eigenvalue weighted by Gasteiger charge is 2.09. The zero-order valence-corrected chi connectivity index (χ0v) is 14.9. The van der Waals surface area contributed by atoms with Crippen LogP contribution in [0.15, 0.2) is 42.5 Å². The van der Waals surface area contributed by atoms with E-state index >= 15 is 0 Å². The molecule has 7 heteroatoms. The monoisotopic (exact) mass is 360 g/mol. The van der Waals surface area contributed by atoms with Crippen LogP contribution in [0.25, 0.3) is 10.2 Å². The van der Waals surface area contributed by atoms with Crippen LogP contribution in [0.5, 0.6) is 0 Å². The summed E-state index contributed by atoms with van der Waals surface area (Å²) in [6.45, 7) is 1.95. The number of benzene rings is 2. The van der Waals surface area contributed by atoms with Crippen molar-refractivity contribution < 1.29 is 13.2 Å². The Balaban J connectivity index is 1.75. The Kier molecular flexibility index (Phi) is 4.38. The second kappa shape index (κ2) is 6.33. The summed E-state index contributed by atoms with van der Waals surface area (Å²) in [5, 5.41) is 3.83. The number of hydrogen-bond donors (Lipinski definition) is 1. The highest BCUT2D eigenvalue weighted by Crippen LogP contribution is 2.25. The highest BCUT2D eigenvalue weighted by molar-refractivity contribution is 7.89. The van der Waals surface area contributed by atoms with Gasteiger partial charge in [0.25, 0.3) is 5.91 Å². The van der Waals surface area contributed by atoms with Gasteiger partial charge in [0.1, 0.15) is 0 Å². The summed E-state index contributed by atoms with van der Waals surface area (Å²) in [5.41, 5.74) is 2.76. The van der Waals surface area contributed by atoms with Crippen molar-refractivity contribution in [3.05, 3.63) is 58.6 Å². The van der Waals surface area contributed by atoms with E-state index in [1.807, 2.05) is 25.1 Å². The number of carbonyl (C=O) groups is 1. The second-order valence-electron chi connectivity index (χ2n) is 5.64. The van der Waals surface area contributed by atoms with Crippen LogP contribution >= 0.6 is 11.3 Å². The minimum absolute atomic E-state index is 0.0315. The third-order valence-corrected chi connectivity index (χ3v) is 5.19. The lowest BCUT2D eigenvalue weighted by Crippen LogP contribution is -2.12. The van der Waals surface area contributed by atoms with Gasteiger partial charge in [-0.15, -0.1) is 11.3 Å². The molecule has 24 heavy (non-hydrogen) atoms. The third kappa shape index (κ3) is 3.98. The number of rotatable bonds is 4. The van der Waals surface area contributed by atoms with Crippen molar-refractivity contribution in [2.45, 2.75) is 12.7 Å². The molecule has 3 aromatic rings. The van der Waals surface area contributed by atoms with Crippen LogP contribution in [0.2, 0.25) is 0 Å². The molecule has 1 N–H and O–H groups in total. The zero-order valence-electron chi connectivity index (χ0n) is 13.2. The third-order valence-electron chi connectivity index (χ3n) is 3.40. The van der Waals surface area contributed by atoms with E-state index in [2.05, 4.69) is 10.3 Å². The molecule has 0 unspecified atom stereocenters. The van der Waals surface area contributed by atoms with E-state index in [4.69, 9.17) is 0 Å². The Hall–Kier alpha value is -2.25. The fourth-order valence-corrected chi connectivity index (χ4v) is 4.04. The molecule has 0 spiro atoms. The van der Waals surface area contributed by atoms with Gasteiger partial charge in [0.2, 0.25) is 0 Å². The topological polar surface area (TPSA) is 76.1 Å². The van der Waals surface area contributed by atoms with Gasteiger partial charge in [-0.05, 0) is 42.8 Å². The SMILES string of the molecule is Cc1nc2ccc(NC(=O)c3ccc(CS(C)(=O)=O)cc3)cc2s1. The number of amides is 1. The Morgan fingerprint density at radius 2 is 1.88 bits per heavy atom. The smallest absolute Gasteiger partial charge is 0.255 e. The number of thiazole rings is 1. The first-order valence-corrected chi connectivity index (χ1v) is 10.1. The number of hydrogen-bond acceptors (Lipinski definition) is 5. The average molecular weight is 360 g/mol. The number of carbonyl (C=O) groups excluding carboxylic acids is 1. The second-order valence-corrected chi connectivity index (χ2v) is 9.01. The summed E-state index contributed by atoms with van der Waals surface area (Å²) < 4.78 is 23.6. The molecule has 1 aromatic heterocycles. The number of fused-ring (bicyclic) bond motifs is 1. The molecule has 0 saturated carbocycles. The summed E-state index contributed by atoms with van der Waals surface area (Å²) in [6.07, 6.45) is 1.19.